The number of fused-ring (bicyclic) bond motifs is 1. The number of hydrogen-bond donors (Lipinski definition) is 2. The molecule has 0 unspecified atom stereocenters. The minimum atomic E-state index is -1.20. The Morgan fingerprint density at radius 1 is 1.10 bits per heavy atom. The first kappa shape index (κ1) is 26.8. The average molecular weight is 564 g/mol. The van der Waals surface area contributed by atoms with Gasteiger partial charge in [0, 0.05) is 29.4 Å². The molecular formula is C31H34ClN3O5. The van der Waals surface area contributed by atoms with Crippen molar-refractivity contribution in [2.45, 2.75) is 62.3 Å². The lowest BCUT2D eigenvalue weighted by molar-refractivity contribution is -0.141. The Bertz CT molecular complexity index is 1340. The topological polar surface area (TPSA) is 97.0 Å². The second kappa shape index (κ2) is 10.9. The molecule has 0 radical (unpaired) electrons. The number of nitrogens with one attached hydrogen (secondary N) is 2. The summed E-state index contributed by atoms with van der Waals surface area (Å²) >= 11 is 6.41. The molecular weight excluding hydrogens is 530 g/mol. The highest BCUT2D eigenvalue weighted by molar-refractivity contribution is 6.31. The summed E-state index contributed by atoms with van der Waals surface area (Å²) < 4.78 is 11.7. The normalized spacial score (nSPS) is 28.9. The maximum atomic E-state index is 14.2. The van der Waals surface area contributed by atoms with E-state index >= 15 is 0 Å². The summed E-state index contributed by atoms with van der Waals surface area (Å²) in [6.07, 6.45) is 8.73. The van der Waals surface area contributed by atoms with E-state index in [9.17, 15) is 14.4 Å². The van der Waals surface area contributed by atoms with Gasteiger partial charge in [-0.3, -0.25) is 14.4 Å². The zero-order valence-electron chi connectivity index (χ0n) is 22.5. The summed E-state index contributed by atoms with van der Waals surface area (Å²) in [5.41, 5.74) is 0.265. The van der Waals surface area contributed by atoms with Crippen LogP contribution in [0.15, 0.2) is 60.7 Å². The van der Waals surface area contributed by atoms with Crippen LogP contribution in [0.25, 0.3) is 0 Å². The van der Waals surface area contributed by atoms with Crippen LogP contribution in [0.1, 0.15) is 37.7 Å². The van der Waals surface area contributed by atoms with E-state index in [1.807, 2.05) is 36.4 Å². The van der Waals surface area contributed by atoms with E-state index in [0.717, 1.165) is 31.2 Å². The molecule has 1 spiro atoms. The van der Waals surface area contributed by atoms with Crippen molar-refractivity contribution < 1.29 is 23.9 Å². The summed E-state index contributed by atoms with van der Waals surface area (Å²) in [7, 11) is 1.56. The van der Waals surface area contributed by atoms with Crippen LogP contribution >= 0.6 is 11.6 Å². The largest absolute Gasteiger partial charge is 0.497 e. The van der Waals surface area contributed by atoms with Gasteiger partial charge in [-0.05, 0) is 43.0 Å². The third-order valence-corrected chi connectivity index (χ3v) is 9.16. The molecule has 40 heavy (non-hydrogen) atoms. The first-order valence-corrected chi connectivity index (χ1v) is 14.5. The summed E-state index contributed by atoms with van der Waals surface area (Å²) in [4.78, 5) is 43.4. The van der Waals surface area contributed by atoms with Gasteiger partial charge in [0.2, 0.25) is 17.7 Å². The van der Waals surface area contributed by atoms with Gasteiger partial charge in [-0.25, -0.2) is 0 Å². The number of rotatable bonds is 8. The van der Waals surface area contributed by atoms with Gasteiger partial charge in [0.25, 0.3) is 0 Å². The molecule has 2 saturated heterocycles. The van der Waals surface area contributed by atoms with Gasteiger partial charge >= 0.3 is 0 Å². The lowest BCUT2D eigenvalue weighted by atomic mass is 9.74. The molecule has 1 saturated carbocycles. The molecule has 0 aromatic heterocycles. The van der Waals surface area contributed by atoms with Gasteiger partial charge in [0.05, 0.1) is 25.0 Å². The van der Waals surface area contributed by atoms with Crippen LogP contribution in [0.4, 0.5) is 5.69 Å². The maximum Gasteiger partial charge on any atom is 0.246 e. The Kier molecular flexibility index (Phi) is 7.31. The molecule has 210 valence electrons. The molecule has 6 rings (SSSR count). The highest BCUT2D eigenvalue weighted by atomic mass is 35.5. The number of methoxy groups -OCH3 is 1. The minimum absolute atomic E-state index is 0.0759. The lowest BCUT2D eigenvalue weighted by Crippen LogP contribution is -2.56. The van der Waals surface area contributed by atoms with Gasteiger partial charge in [0.15, 0.2) is 0 Å². The van der Waals surface area contributed by atoms with Crippen LogP contribution in [0.2, 0.25) is 5.02 Å². The van der Waals surface area contributed by atoms with Crippen molar-refractivity contribution in [3.8, 4) is 5.75 Å². The van der Waals surface area contributed by atoms with Crippen LogP contribution in [0, 0.1) is 11.8 Å². The van der Waals surface area contributed by atoms with Gasteiger partial charge < -0.3 is 25.0 Å². The van der Waals surface area contributed by atoms with Gasteiger partial charge in [-0.1, -0.05) is 67.3 Å². The molecule has 1 aliphatic carbocycles. The molecule has 3 aliphatic heterocycles. The zero-order valence-corrected chi connectivity index (χ0v) is 23.2. The van der Waals surface area contributed by atoms with E-state index in [1.165, 1.54) is 6.42 Å². The van der Waals surface area contributed by atoms with Crippen molar-refractivity contribution in [3.63, 3.8) is 0 Å². The number of halogens is 1. The number of likely N-dealkylation sites (tertiary alicyclic amines) is 1. The number of ether oxygens (including phenoxy) is 2. The number of hydrogen-bond acceptors (Lipinski definition) is 5. The fraction of sp³-hybridized carbons (Fsp3) is 0.452. The SMILES string of the molecule is COc1cccc(NC(=O)[C@H]2[C@@H]3C=C[C@]4(O3)[C@@H]2C(=O)N(CCc2ccccc2Cl)[C@@H]4C(=O)NC2CCCCC2)c1. The summed E-state index contributed by atoms with van der Waals surface area (Å²) in [5.74, 6) is -1.74. The average Bonchev–Trinajstić information content (AvgIpc) is 3.60. The van der Waals surface area contributed by atoms with E-state index in [-0.39, 0.29) is 30.3 Å². The van der Waals surface area contributed by atoms with E-state index in [0.29, 0.717) is 22.9 Å². The Morgan fingerprint density at radius 2 is 1.90 bits per heavy atom. The third kappa shape index (κ3) is 4.67. The Hall–Kier alpha value is -3.36. The monoisotopic (exact) mass is 563 g/mol. The number of anilines is 1. The van der Waals surface area contributed by atoms with E-state index < -0.39 is 29.6 Å². The minimum Gasteiger partial charge on any atom is -0.497 e. The van der Waals surface area contributed by atoms with Crippen LogP contribution < -0.4 is 15.4 Å². The van der Waals surface area contributed by atoms with E-state index in [1.54, 1.807) is 36.3 Å². The van der Waals surface area contributed by atoms with Gasteiger partial charge in [-0.15, -0.1) is 0 Å². The molecule has 2 aromatic carbocycles. The molecule has 3 heterocycles. The van der Waals surface area contributed by atoms with Gasteiger partial charge in [0.1, 0.15) is 17.4 Å². The van der Waals surface area contributed by atoms with E-state index in [4.69, 9.17) is 21.1 Å². The Morgan fingerprint density at radius 3 is 2.67 bits per heavy atom. The Labute approximate surface area is 239 Å². The van der Waals surface area contributed by atoms with Crippen molar-refractivity contribution in [3.05, 3.63) is 71.3 Å². The smallest absolute Gasteiger partial charge is 0.246 e. The lowest BCUT2D eigenvalue weighted by Gasteiger charge is -2.34. The fourth-order valence-corrected chi connectivity index (χ4v) is 7.13. The number of amides is 3. The highest BCUT2D eigenvalue weighted by Crippen LogP contribution is 2.55. The number of carbonyl (C=O) groups is 3. The van der Waals surface area contributed by atoms with Crippen LogP contribution in [0.5, 0.6) is 5.75 Å². The second-order valence-electron chi connectivity index (χ2n) is 11.1. The predicted molar refractivity (Wildman–Crippen MR) is 151 cm³/mol. The quantitative estimate of drug-likeness (QED) is 0.471. The molecule has 9 heteroatoms. The molecule has 8 nitrogen and oxygen atoms in total. The van der Waals surface area contributed by atoms with Crippen molar-refractivity contribution in [1.82, 2.24) is 10.2 Å². The standard InChI is InChI=1S/C31H34ClN3O5/c1-39-22-12-7-11-21(18-22)34-28(36)25-24-14-16-31(40-24)26(25)30(38)35(17-15-19-8-5-6-13-23(19)32)27(31)29(37)33-20-9-3-2-4-10-20/h5-8,11-14,16,18,20,24-27H,2-4,9-10,15,17H2,1H3,(H,33,37)(H,34,36)/t24-,25-,26-,27+,31-/m0/s1. The molecule has 5 atom stereocenters. The predicted octanol–water partition coefficient (Wildman–Crippen LogP) is 4.13. The third-order valence-electron chi connectivity index (χ3n) is 8.79. The molecule has 3 amide bonds. The van der Waals surface area contributed by atoms with Crippen molar-refractivity contribution >= 4 is 35.0 Å². The molecule has 2 aromatic rings. The summed E-state index contributed by atoms with van der Waals surface area (Å²) in [6, 6.07) is 13.8. The Balaban J connectivity index is 1.29. The van der Waals surface area contributed by atoms with Crippen molar-refractivity contribution in [2.75, 3.05) is 19.0 Å². The fourth-order valence-electron chi connectivity index (χ4n) is 6.90. The van der Waals surface area contributed by atoms with E-state index in [2.05, 4.69) is 10.6 Å². The number of nitrogens with zero attached hydrogens (tertiary/aromatic N) is 1. The molecule has 2 bridgehead atoms. The van der Waals surface area contributed by atoms with Crippen LogP contribution in [0.3, 0.4) is 0 Å². The summed E-state index contributed by atoms with van der Waals surface area (Å²) in [6.45, 7) is 0.287. The number of benzene rings is 2. The highest BCUT2D eigenvalue weighted by Gasteiger charge is 2.72. The molecule has 2 N–H and O–H groups in total. The summed E-state index contributed by atoms with van der Waals surface area (Å²) in [5, 5.41) is 6.78. The first-order valence-electron chi connectivity index (χ1n) is 14.1. The zero-order chi connectivity index (χ0) is 27.9. The van der Waals surface area contributed by atoms with Crippen LogP contribution in [-0.4, -0.2) is 60.1 Å². The van der Waals surface area contributed by atoms with Crippen molar-refractivity contribution in [2.24, 2.45) is 11.8 Å². The second-order valence-corrected chi connectivity index (χ2v) is 11.5. The number of carbonyl (C=O) groups excluding carboxylic acids is 3. The molecule has 3 fully saturated rings. The van der Waals surface area contributed by atoms with Crippen molar-refractivity contribution in [1.29, 1.82) is 0 Å². The van der Waals surface area contributed by atoms with Crippen LogP contribution in [-0.2, 0) is 25.5 Å². The molecule has 4 aliphatic rings. The maximum absolute atomic E-state index is 14.2. The van der Waals surface area contributed by atoms with Gasteiger partial charge in [-0.2, -0.15) is 0 Å². The first-order chi connectivity index (χ1) is 19.4.